The summed E-state index contributed by atoms with van der Waals surface area (Å²) in [6.07, 6.45) is 3.03. The number of aryl methyl sites for hydroxylation is 2. The number of rotatable bonds is 6. The molecule has 1 aromatic rings. The molecule has 0 spiro atoms. The van der Waals surface area contributed by atoms with Gasteiger partial charge in [0.2, 0.25) is 0 Å². The minimum absolute atomic E-state index is 0.710. The van der Waals surface area contributed by atoms with Crippen molar-refractivity contribution in [3.63, 3.8) is 0 Å². The van der Waals surface area contributed by atoms with Crippen LogP contribution in [0.5, 0.6) is 5.75 Å². The number of ether oxygens (including phenoxy) is 1. The molecule has 1 aromatic carbocycles. The lowest BCUT2D eigenvalue weighted by atomic mass is 10.0. The Morgan fingerprint density at radius 2 is 1.93 bits per heavy atom. The minimum atomic E-state index is 0.710. The highest BCUT2D eigenvalue weighted by atomic mass is 35.5. The first kappa shape index (κ1) is 12.4. The van der Waals surface area contributed by atoms with Gasteiger partial charge in [0.05, 0.1) is 6.61 Å². The van der Waals surface area contributed by atoms with Gasteiger partial charge >= 0.3 is 0 Å². The van der Waals surface area contributed by atoms with Crippen molar-refractivity contribution in [1.29, 1.82) is 0 Å². The molecule has 0 saturated heterocycles. The summed E-state index contributed by atoms with van der Waals surface area (Å²) in [6.45, 7) is 4.91. The van der Waals surface area contributed by atoms with Crippen molar-refractivity contribution in [2.75, 3.05) is 12.5 Å². The molecule has 0 atom stereocenters. The Balaban J connectivity index is 2.90. The predicted molar refractivity (Wildman–Crippen MR) is 66.0 cm³/mol. The average Bonchev–Trinajstić information content (AvgIpc) is 2.28. The van der Waals surface area contributed by atoms with Gasteiger partial charge in [0.1, 0.15) is 5.75 Å². The molecule has 0 unspecified atom stereocenters. The van der Waals surface area contributed by atoms with Gasteiger partial charge in [-0.2, -0.15) is 0 Å². The van der Waals surface area contributed by atoms with Gasteiger partial charge in [0.25, 0.3) is 0 Å². The zero-order valence-corrected chi connectivity index (χ0v) is 10.3. The topological polar surface area (TPSA) is 9.23 Å². The van der Waals surface area contributed by atoms with Gasteiger partial charge in [0, 0.05) is 5.88 Å². The summed E-state index contributed by atoms with van der Waals surface area (Å²) >= 11 is 5.71. The molecule has 0 aliphatic heterocycles. The Bertz CT molecular complexity index is 297. The van der Waals surface area contributed by atoms with Gasteiger partial charge in [-0.25, -0.2) is 0 Å². The molecule has 1 rings (SSSR count). The number of hydrogen-bond acceptors (Lipinski definition) is 1. The fourth-order valence-corrected chi connectivity index (χ4v) is 1.83. The summed E-state index contributed by atoms with van der Waals surface area (Å²) in [5.41, 5.74) is 2.58. The van der Waals surface area contributed by atoms with Crippen LogP contribution >= 0.6 is 11.6 Å². The van der Waals surface area contributed by atoms with Crippen molar-refractivity contribution in [3.8, 4) is 5.75 Å². The molecule has 0 heterocycles. The van der Waals surface area contributed by atoms with Crippen molar-refractivity contribution in [1.82, 2.24) is 0 Å². The van der Waals surface area contributed by atoms with E-state index in [1.807, 2.05) is 6.92 Å². The molecule has 0 bridgehead atoms. The SMILES string of the molecule is CCOc1c(CC)cccc1CCCCl. The molecule has 0 radical (unpaired) electrons. The molecule has 0 fully saturated rings. The molecule has 2 heteroatoms. The Labute approximate surface area is 97.4 Å². The van der Waals surface area contributed by atoms with Crippen molar-refractivity contribution >= 4 is 11.6 Å². The van der Waals surface area contributed by atoms with E-state index in [0.717, 1.165) is 31.6 Å². The number of para-hydroxylation sites is 1. The van der Waals surface area contributed by atoms with E-state index < -0.39 is 0 Å². The first-order chi connectivity index (χ1) is 7.33. The van der Waals surface area contributed by atoms with Crippen LogP contribution < -0.4 is 4.74 Å². The van der Waals surface area contributed by atoms with E-state index in [1.165, 1.54) is 11.1 Å². The Morgan fingerprint density at radius 1 is 1.20 bits per heavy atom. The lowest BCUT2D eigenvalue weighted by molar-refractivity contribution is 0.333. The van der Waals surface area contributed by atoms with Gasteiger partial charge in [-0.3, -0.25) is 0 Å². The first-order valence-corrected chi connectivity index (χ1v) is 6.16. The maximum atomic E-state index is 5.71. The summed E-state index contributed by atoms with van der Waals surface area (Å²) < 4.78 is 5.71. The molecular weight excluding hydrogens is 208 g/mol. The third-order valence-corrected chi connectivity index (χ3v) is 2.69. The first-order valence-electron chi connectivity index (χ1n) is 5.63. The van der Waals surface area contributed by atoms with Crippen LogP contribution in [0.15, 0.2) is 18.2 Å². The molecule has 0 aliphatic rings. The second-order valence-corrected chi connectivity index (χ2v) is 3.86. The second-order valence-electron chi connectivity index (χ2n) is 3.48. The van der Waals surface area contributed by atoms with E-state index in [0.29, 0.717) is 5.88 Å². The van der Waals surface area contributed by atoms with Gasteiger partial charge in [-0.15, -0.1) is 11.6 Å². The second kappa shape index (κ2) is 6.73. The summed E-state index contributed by atoms with van der Waals surface area (Å²) in [7, 11) is 0. The lowest BCUT2D eigenvalue weighted by Crippen LogP contribution is -2.01. The highest BCUT2D eigenvalue weighted by Gasteiger charge is 2.07. The highest BCUT2D eigenvalue weighted by Crippen LogP contribution is 2.25. The molecular formula is C13H19ClO. The van der Waals surface area contributed by atoms with Gasteiger partial charge in [0.15, 0.2) is 0 Å². The van der Waals surface area contributed by atoms with E-state index >= 15 is 0 Å². The Hall–Kier alpha value is -0.690. The van der Waals surface area contributed by atoms with E-state index in [2.05, 4.69) is 25.1 Å². The molecule has 0 aromatic heterocycles. The number of hydrogen-bond donors (Lipinski definition) is 0. The quantitative estimate of drug-likeness (QED) is 0.671. The van der Waals surface area contributed by atoms with Crippen molar-refractivity contribution in [2.45, 2.75) is 33.1 Å². The van der Waals surface area contributed by atoms with Crippen LogP contribution in [0.4, 0.5) is 0 Å². The fraction of sp³-hybridized carbons (Fsp3) is 0.538. The molecule has 15 heavy (non-hydrogen) atoms. The summed E-state index contributed by atoms with van der Waals surface area (Å²) in [5, 5.41) is 0. The monoisotopic (exact) mass is 226 g/mol. The standard InChI is InChI=1S/C13H19ClO/c1-3-11-7-5-8-12(9-6-10-14)13(11)15-4-2/h5,7-8H,3-4,6,9-10H2,1-2H3. The maximum absolute atomic E-state index is 5.71. The summed E-state index contributed by atoms with van der Waals surface area (Å²) in [6, 6.07) is 6.37. The maximum Gasteiger partial charge on any atom is 0.125 e. The number of halogens is 1. The van der Waals surface area contributed by atoms with Crippen LogP contribution in [-0.2, 0) is 12.8 Å². The zero-order valence-electron chi connectivity index (χ0n) is 9.55. The van der Waals surface area contributed by atoms with Crippen molar-refractivity contribution < 1.29 is 4.74 Å². The van der Waals surface area contributed by atoms with E-state index in [9.17, 15) is 0 Å². The molecule has 0 aliphatic carbocycles. The summed E-state index contributed by atoms with van der Waals surface area (Å²) in [4.78, 5) is 0. The average molecular weight is 227 g/mol. The largest absolute Gasteiger partial charge is 0.493 e. The van der Waals surface area contributed by atoms with Crippen LogP contribution in [0.2, 0.25) is 0 Å². The molecule has 0 N–H and O–H groups in total. The van der Waals surface area contributed by atoms with Crippen LogP contribution in [0.3, 0.4) is 0 Å². The van der Waals surface area contributed by atoms with Crippen LogP contribution in [0, 0.1) is 0 Å². The van der Waals surface area contributed by atoms with E-state index in [1.54, 1.807) is 0 Å². The molecule has 0 amide bonds. The normalized spacial score (nSPS) is 10.3. The zero-order chi connectivity index (χ0) is 11.1. The van der Waals surface area contributed by atoms with Crippen LogP contribution in [-0.4, -0.2) is 12.5 Å². The number of alkyl halides is 1. The third-order valence-electron chi connectivity index (χ3n) is 2.43. The third kappa shape index (κ3) is 3.42. The number of benzene rings is 1. The Morgan fingerprint density at radius 3 is 2.53 bits per heavy atom. The smallest absolute Gasteiger partial charge is 0.125 e. The van der Waals surface area contributed by atoms with Crippen LogP contribution in [0.25, 0.3) is 0 Å². The van der Waals surface area contributed by atoms with E-state index in [4.69, 9.17) is 16.3 Å². The summed E-state index contributed by atoms with van der Waals surface area (Å²) in [5.74, 6) is 1.79. The fourth-order valence-electron chi connectivity index (χ4n) is 1.70. The van der Waals surface area contributed by atoms with E-state index in [-0.39, 0.29) is 0 Å². The van der Waals surface area contributed by atoms with Gasteiger partial charge < -0.3 is 4.74 Å². The molecule has 1 nitrogen and oxygen atoms in total. The highest BCUT2D eigenvalue weighted by molar-refractivity contribution is 6.17. The minimum Gasteiger partial charge on any atom is -0.493 e. The predicted octanol–water partition coefficient (Wildman–Crippen LogP) is 3.82. The Kier molecular flexibility index (Phi) is 5.56. The van der Waals surface area contributed by atoms with Crippen molar-refractivity contribution in [2.24, 2.45) is 0 Å². The molecule has 0 saturated carbocycles. The van der Waals surface area contributed by atoms with Crippen LogP contribution in [0.1, 0.15) is 31.4 Å². The van der Waals surface area contributed by atoms with Crippen molar-refractivity contribution in [3.05, 3.63) is 29.3 Å². The lowest BCUT2D eigenvalue weighted by Gasteiger charge is -2.13. The van der Waals surface area contributed by atoms with Gasteiger partial charge in [-0.1, -0.05) is 25.1 Å². The molecule has 84 valence electrons. The van der Waals surface area contributed by atoms with Gasteiger partial charge in [-0.05, 0) is 37.3 Å².